The lowest BCUT2D eigenvalue weighted by Crippen LogP contribution is -2.40. The van der Waals surface area contributed by atoms with Crippen LogP contribution in [0.1, 0.15) is 53.6 Å². The van der Waals surface area contributed by atoms with Crippen LogP contribution in [0.2, 0.25) is 0 Å². The Labute approximate surface area is 159 Å². The number of rotatable bonds is 2. The molecule has 0 saturated heterocycles. The molecule has 0 bridgehead atoms. The van der Waals surface area contributed by atoms with Gasteiger partial charge in [-0.05, 0) is 58.2 Å². The van der Waals surface area contributed by atoms with Gasteiger partial charge >= 0.3 is 6.09 Å². The molecule has 7 nitrogen and oxygen atoms in total. The lowest BCUT2D eigenvalue weighted by Gasteiger charge is -2.29. The number of anilines is 1. The molecule has 27 heavy (non-hydrogen) atoms. The third kappa shape index (κ3) is 4.13. The molecule has 2 aromatic rings. The Morgan fingerprint density at radius 2 is 2.00 bits per heavy atom. The zero-order valence-corrected chi connectivity index (χ0v) is 16.5. The van der Waals surface area contributed by atoms with Crippen molar-refractivity contribution in [1.29, 1.82) is 0 Å². The quantitative estimate of drug-likeness (QED) is 0.846. The van der Waals surface area contributed by atoms with E-state index in [0.717, 1.165) is 28.1 Å². The molecule has 0 atom stereocenters. The second-order valence-corrected chi connectivity index (χ2v) is 7.88. The highest BCUT2D eigenvalue weighted by molar-refractivity contribution is 6.04. The number of amides is 2. The van der Waals surface area contributed by atoms with E-state index in [2.05, 4.69) is 15.5 Å². The normalized spacial score (nSPS) is 13.9. The molecule has 0 fully saturated rings. The van der Waals surface area contributed by atoms with Crippen LogP contribution in [-0.4, -0.2) is 39.2 Å². The minimum absolute atomic E-state index is 0.244. The molecule has 2 N–H and O–H groups in total. The average Bonchev–Trinajstić information content (AvgIpc) is 3.00. The summed E-state index contributed by atoms with van der Waals surface area (Å²) in [6, 6.07) is 5.80. The van der Waals surface area contributed by atoms with E-state index in [1.807, 2.05) is 52.8 Å². The van der Waals surface area contributed by atoms with E-state index in [4.69, 9.17) is 4.74 Å². The van der Waals surface area contributed by atoms with Gasteiger partial charge in [0, 0.05) is 17.8 Å². The van der Waals surface area contributed by atoms with Gasteiger partial charge in [-0.25, -0.2) is 4.79 Å². The summed E-state index contributed by atoms with van der Waals surface area (Å²) in [7, 11) is 0. The lowest BCUT2D eigenvalue weighted by molar-refractivity contribution is 0.0221. The summed E-state index contributed by atoms with van der Waals surface area (Å²) < 4.78 is 5.42. The summed E-state index contributed by atoms with van der Waals surface area (Å²) in [5.74, 6) is -0.244. The molecule has 144 valence electrons. The van der Waals surface area contributed by atoms with E-state index >= 15 is 0 Å². The molecule has 0 unspecified atom stereocenters. The summed E-state index contributed by atoms with van der Waals surface area (Å²) in [4.78, 5) is 26.6. The first-order chi connectivity index (χ1) is 12.7. The van der Waals surface area contributed by atoms with Crippen molar-refractivity contribution in [2.45, 2.75) is 53.2 Å². The number of benzene rings is 1. The van der Waals surface area contributed by atoms with Crippen LogP contribution in [0, 0.1) is 13.8 Å². The molecule has 0 spiro atoms. The number of aromatic amines is 1. The van der Waals surface area contributed by atoms with Gasteiger partial charge in [-0.1, -0.05) is 12.1 Å². The molecule has 1 aliphatic rings. The van der Waals surface area contributed by atoms with Gasteiger partial charge in [-0.15, -0.1) is 0 Å². The lowest BCUT2D eigenvalue weighted by atomic mass is 10.0. The minimum Gasteiger partial charge on any atom is -0.444 e. The fraction of sp³-hybridized carbons (Fsp3) is 0.450. The average molecular weight is 370 g/mol. The fourth-order valence-corrected chi connectivity index (χ4v) is 3.06. The van der Waals surface area contributed by atoms with E-state index in [0.29, 0.717) is 25.2 Å². The van der Waals surface area contributed by atoms with Gasteiger partial charge in [-0.3, -0.25) is 9.89 Å². The van der Waals surface area contributed by atoms with Gasteiger partial charge in [0.1, 0.15) is 5.60 Å². The Balaban J connectivity index is 1.73. The van der Waals surface area contributed by atoms with Gasteiger partial charge in [0.25, 0.3) is 5.91 Å². The molecule has 2 heterocycles. The van der Waals surface area contributed by atoms with Crippen LogP contribution in [-0.2, 0) is 17.7 Å². The number of nitrogens with zero attached hydrogens (tertiary/aromatic N) is 2. The smallest absolute Gasteiger partial charge is 0.410 e. The highest BCUT2D eigenvalue weighted by Gasteiger charge is 2.30. The number of nitrogens with one attached hydrogen (secondary N) is 2. The summed E-state index contributed by atoms with van der Waals surface area (Å²) in [6.45, 7) is 10.3. The molecule has 2 amide bonds. The molecular weight excluding hydrogens is 344 g/mol. The van der Waals surface area contributed by atoms with Crippen molar-refractivity contribution in [3.63, 3.8) is 0 Å². The number of hydrogen-bond donors (Lipinski definition) is 2. The van der Waals surface area contributed by atoms with Crippen molar-refractivity contribution in [3.05, 3.63) is 46.3 Å². The summed E-state index contributed by atoms with van der Waals surface area (Å²) >= 11 is 0. The second kappa shape index (κ2) is 7.06. The standard InChI is InChI=1S/C20H26N4O3/c1-12-7-6-8-15(13(12)2)21-18(25)17-14-9-10-24(11-16(14)22-23-17)19(26)27-20(3,4)5/h6-8H,9-11H2,1-5H3,(H,21,25)(H,22,23). The Morgan fingerprint density at radius 1 is 1.26 bits per heavy atom. The number of hydrogen-bond acceptors (Lipinski definition) is 4. The monoisotopic (exact) mass is 370 g/mol. The maximum absolute atomic E-state index is 12.7. The first kappa shape index (κ1) is 18.9. The van der Waals surface area contributed by atoms with Crippen molar-refractivity contribution >= 4 is 17.7 Å². The van der Waals surface area contributed by atoms with Crippen LogP contribution >= 0.6 is 0 Å². The topological polar surface area (TPSA) is 87.3 Å². The van der Waals surface area contributed by atoms with Crippen molar-refractivity contribution < 1.29 is 14.3 Å². The van der Waals surface area contributed by atoms with Crippen molar-refractivity contribution in [1.82, 2.24) is 15.1 Å². The van der Waals surface area contributed by atoms with E-state index < -0.39 is 5.60 Å². The largest absolute Gasteiger partial charge is 0.444 e. The van der Waals surface area contributed by atoms with Crippen molar-refractivity contribution in [2.75, 3.05) is 11.9 Å². The van der Waals surface area contributed by atoms with Crippen LogP contribution < -0.4 is 5.32 Å². The molecular formula is C20H26N4O3. The summed E-state index contributed by atoms with van der Waals surface area (Å²) in [5, 5.41) is 10.0. The SMILES string of the molecule is Cc1cccc(NC(=O)c2n[nH]c3c2CCN(C(=O)OC(C)(C)C)C3)c1C. The predicted octanol–water partition coefficient (Wildman–Crippen LogP) is 3.57. The second-order valence-electron chi connectivity index (χ2n) is 7.88. The van der Waals surface area contributed by atoms with Crippen LogP contribution in [0.15, 0.2) is 18.2 Å². The first-order valence-electron chi connectivity index (χ1n) is 9.07. The van der Waals surface area contributed by atoms with Gasteiger partial charge in [0.05, 0.1) is 12.2 Å². The highest BCUT2D eigenvalue weighted by atomic mass is 16.6. The van der Waals surface area contributed by atoms with Gasteiger partial charge in [0.2, 0.25) is 0 Å². The van der Waals surface area contributed by atoms with E-state index in [1.54, 1.807) is 4.90 Å². The van der Waals surface area contributed by atoms with Crippen molar-refractivity contribution in [3.8, 4) is 0 Å². The molecule has 1 aliphatic heterocycles. The van der Waals surface area contributed by atoms with Crippen LogP contribution in [0.5, 0.6) is 0 Å². The molecule has 1 aromatic heterocycles. The molecule has 0 radical (unpaired) electrons. The third-order valence-electron chi connectivity index (χ3n) is 4.65. The number of carbonyl (C=O) groups excluding carboxylic acids is 2. The van der Waals surface area contributed by atoms with Crippen LogP contribution in [0.3, 0.4) is 0 Å². The maximum Gasteiger partial charge on any atom is 0.410 e. The number of fused-ring (bicyclic) bond motifs is 1. The maximum atomic E-state index is 12.7. The minimum atomic E-state index is -0.540. The third-order valence-corrected chi connectivity index (χ3v) is 4.65. The molecule has 7 heteroatoms. The van der Waals surface area contributed by atoms with Crippen LogP contribution in [0.4, 0.5) is 10.5 Å². The van der Waals surface area contributed by atoms with Crippen LogP contribution in [0.25, 0.3) is 0 Å². The summed E-state index contributed by atoms with van der Waals surface area (Å²) in [6.07, 6.45) is 0.199. The molecule has 1 aromatic carbocycles. The van der Waals surface area contributed by atoms with Gasteiger partial charge < -0.3 is 15.0 Å². The molecule has 0 aliphatic carbocycles. The van der Waals surface area contributed by atoms with Crippen molar-refractivity contribution in [2.24, 2.45) is 0 Å². The highest BCUT2D eigenvalue weighted by Crippen LogP contribution is 2.24. The van der Waals surface area contributed by atoms with Gasteiger partial charge in [-0.2, -0.15) is 5.10 Å². The number of ether oxygens (including phenoxy) is 1. The molecule has 3 rings (SSSR count). The Hall–Kier alpha value is -2.83. The number of aromatic nitrogens is 2. The zero-order chi connectivity index (χ0) is 19.8. The Morgan fingerprint density at radius 3 is 2.70 bits per heavy atom. The van der Waals surface area contributed by atoms with E-state index in [-0.39, 0.29) is 12.0 Å². The number of H-pyrrole nitrogens is 1. The van der Waals surface area contributed by atoms with E-state index in [9.17, 15) is 9.59 Å². The summed E-state index contributed by atoms with van der Waals surface area (Å²) in [5.41, 5.74) is 4.41. The number of aryl methyl sites for hydroxylation is 1. The number of carbonyl (C=O) groups is 2. The fourth-order valence-electron chi connectivity index (χ4n) is 3.06. The molecule has 0 saturated carbocycles. The van der Waals surface area contributed by atoms with Gasteiger partial charge in [0.15, 0.2) is 5.69 Å². The zero-order valence-electron chi connectivity index (χ0n) is 16.5. The predicted molar refractivity (Wildman–Crippen MR) is 103 cm³/mol. The van der Waals surface area contributed by atoms with E-state index in [1.165, 1.54) is 0 Å². The Bertz CT molecular complexity index is 880. The first-order valence-corrected chi connectivity index (χ1v) is 9.07. The Kier molecular flexibility index (Phi) is 4.95.